The molecule has 1 heterocycles. The third kappa shape index (κ3) is 4.46. The molecule has 1 amide bonds. The van der Waals surface area contributed by atoms with Gasteiger partial charge in [0.2, 0.25) is 15.9 Å². The van der Waals surface area contributed by atoms with Gasteiger partial charge in [-0.2, -0.15) is 0 Å². The van der Waals surface area contributed by atoms with E-state index in [4.69, 9.17) is 0 Å². The molecule has 0 spiro atoms. The number of hydrogen-bond acceptors (Lipinski definition) is 4. The molecular formula is C9H19N3O3S. The fourth-order valence-electron chi connectivity index (χ4n) is 1.63. The SMILES string of the molecule is CCNS(=O)(=O)CCNC(=O)[C@@H]1CCCN1. The third-order valence-corrected chi connectivity index (χ3v) is 3.88. The summed E-state index contributed by atoms with van der Waals surface area (Å²) in [6.45, 7) is 3.11. The Kier molecular flexibility index (Phi) is 5.17. The van der Waals surface area contributed by atoms with Crippen LogP contribution in [0.2, 0.25) is 0 Å². The smallest absolute Gasteiger partial charge is 0.237 e. The molecule has 94 valence electrons. The summed E-state index contributed by atoms with van der Waals surface area (Å²) in [5, 5.41) is 5.67. The Hall–Kier alpha value is -0.660. The van der Waals surface area contributed by atoms with Crippen molar-refractivity contribution in [2.24, 2.45) is 0 Å². The molecule has 1 saturated heterocycles. The molecule has 0 bridgehead atoms. The maximum absolute atomic E-state index is 11.5. The summed E-state index contributed by atoms with van der Waals surface area (Å²) in [4.78, 5) is 11.5. The predicted molar refractivity (Wildman–Crippen MR) is 61.5 cm³/mol. The Balaban J connectivity index is 2.22. The Labute approximate surface area is 96.2 Å². The van der Waals surface area contributed by atoms with Crippen molar-refractivity contribution in [1.29, 1.82) is 0 Å². The van der Waals surface area contributed by atoms with E-state index in [2.05, 4.69) is 15.4 Å². The van der Waals surface area contributed by atoms with E-state index in [1.807, 2.05) is 0 Å². The first kappa shape index (κ1) is 13.4. The van der Waals surface area contributed by atoms with E-state index in [0.29, 0.717) is 6.54 Å². The predicted octanol–water partition coefficient (Wildman–Crippen LogP) is -1.21. The largest absolute Gasteiger partial charge is 0.354 e. The lowest BCUT2D eigenvalue weighted by molar-refractivity contribution is -0.122. The van der Waals surface area contributed by atoms with Crippen molar-refractivity contribution in [1.82, 2.24) is 15.4 Å². The molecular weight excluding hydrogens is 230 g/mol. The van der Waals surface area contributed by atoms with Crippen LogP contribution in [0.5, 0.6) is 0 Å². The molecule has 0 unspecified atom stereocenters. The highest BCUT2D eigenvalue weighted by Crippen LogP contribution is 2.04. The van der Waals surface area contributed by atoms with Gasteiger partial charge in [0, 0.05) is 13.1 Å². The molecule has 7 heteroatoms. The number of sulfonamides is 1. The van der Waals surface area contributed by atoms with Gasteiger partial charge < -0.3 is 10.6 Å². The van der Waals surface area contributed by atoms with Crippen molar-refractivity contribution in [3.63, 3.8) is 0 Å². The first-order valence-corrected chi connectivity index (χ1v) is 7.19. The average Bonchev–Trinajstić information content (AvgIpc) is 2.69. The lowest BCUT2D eigenvalue weighted by atomic mass is 10.2. The van der Waals surface area contributed by atoms with Gasteiger partial charge in [-0.1, -0.05) is 6.92 Å². The number of amides is 1. The van der Waals surface area contributed by atoms with Crippen LogP contribution in [0.4, 0.5) is 0 Å². The van der Waals surface area contributed by atoms with Gasteiger partial charge in [0.15, 0.2) is 0 Å². The van der Waals surface area contributed by atoms with E-state index in [1.165, 1.54) is 0 Å². The van der Waals surface area contributed by atoms with Crippen LogP contribution in [0.25, 0.3) is 0 Å². The number of nitrogens with one attached hydrogen (secondary N) is 3. The van der Waals surface area contributed by atoms with Crippen molar-refractivity contribution in [2.75, 3.05) is 25.4 Å². The zero-order chi connectivity index (χ0) is 12.0. The van der Waals surface area contributed by atoms with Crippen molar-refractivity contribution in [2.45, 2.75) is 25.8 Å². The quantitative estimate of drug-likeness (QED) is 0.551. The summed E-state index contributed by atoms with van der Waals surface area (Å²) in [6, 6.07) is -0.151. The molecule has 0 aromatic rings. The van der Waals surface area contributed by atoms with Crippen LogP contribution in [-0.2, 0) is 14.8 Å². The molecule has 6 nitrogen and oxygen atoms in total. The minimum absolute atomic E-state index is 0.0701. The second-order valence-electron chi connectivity index (χ2n) is 3.76. The highest BCUT2D eigenvalue weighted by atomic mass is 32.2. The number of carbonyl (C=O) groups is 1. The topological polar surface area (TPSA) is 87.3 Å². The van der Waals surface area contributed by atoms with Gasteiger partial charge in [-0.05, 0) is 19.4 Å². The van der Waals surface area contributed by atoms with Crippen LogP contribution < -0.4 is 15.4 Å². The Morgan fingerprint density at radius 1 is 1.50 bits per heavy atom. The molecule has 0 radical (unpaired) electrons. The molecule has 0 saturated carbocycles. The van der Waals surface area contributed by atoms with Gasteiger partial charge in [0.1, 0.15) is 0 Å². The van der Waals surface area contributed by atoms with Crippen molar-refractivity contribution >= 4 is 15.9 Å². The van der Waals surface area contributed by atoms with Gasteiger partial charge >= 0.3 is 0 Å². The van der Waals surface area contributed by atoms with Gasteiger partial charge in [-0.25, -0.2) is 13.1 Å². The highest BCUT2D eigenvalue weighted by Gasteiger charge is 2.21. The zero-order valence-corrected chi connectivity index (χ0v) is 10.3. The number of rotatable bonds is 6. The normalized spacial score (nSPS) is 20.9. The Morgan fingerprint density at radius 3 is 2.81 bits per heavy atom. The summed E-state index contributed by atoms with van der Waals surface area (Å²) in [5.41, 5.74) is 0. The zero-order valence-electron chi connectivity index (χ0n) is 9.45. The van der Waals surface area contributed by atoms with Crippen LogP contribution in [0.3, 0.4) is 0 Å². The molecule has 1 atom stereocenters. The van der Waals surface area contributed by atoms with E-state index < -0.39 is 10.0 Å². The van der Waals surface area contributed by atoms with Gasteiger partial charge in [-0.3, -0.25) is 4.79 Å². The Bertz CT molecular complexity index is 323. The number of carbonyl (C=O) groups excluding carboxylic acids is 1. The van der Waals surface area contributed by atoms with Crippen LogP contribution in [-0.4, -0.2) is 45.8 Å². The molecule has 0 aromatic heterocycles. The summed E-state index contributed by atoms with van der Waals surface area (Å²) < 4.78 is 24.9. The van der Waals surface area contributed by atoms with Gasteiger partial charge in [-0.15, -0.1) is 0 Å². The van der Waals surface area contributed by atoms with E-state index in [9.17, 15) is 13.2 Å². The molecule has 0 aliphatic carbocycles. The molecule has 0 aromatic carbocycles. The fourth-order valence-corrected chi connectivity index (χ4v) is 2.59. The van der Waals surface area contributed by atoms with Crippen LogP contribution in [0.1, 0.15) is 19.8 Å². The van der Waals surface area contributed by atoms with Crippen molar-refractivity contribution < 1.29 is 13.2 Å². The van der Waals surface area contributed by atoms with Crippen molar-refractivity contribution in [3.05, 3.63) is 0 Å². The van der Waals surface area contributed by atoms with E-state index in [-0.39, 0.29) is 24.2 Å². The highest BCUT2D eigenvalue weighted by molar-refractivity contribution is 7.89. The maximum atomic E-state index is 11.5. The van der Waals surface area contributed by atoms with Crippen molar-refractivity contribution in [3.8, 4) is 0 Å². The molecule has 1 fully saturated rings. The summed E-state index contributed by atoms with van der Waals surface area (Å²) in [5.74, 6) is -0.177. The monoisotopic (exact) mass is 249 g/mol. The van der Waals surface area contributed by atoms with Gasteiger partial charge in [0.25, 0.3) is 0 Å². The third-order valence-electron chi connectivity index (χ3n) is 2.41. The molecule has 16 heavy (non-hydrogen) atoms. The van der Waals surface area contributed by atoms with Crippen LogP contribution in [0, 0.1) is 0 Å². The maximum Gasteiger partial charge on any atom is 0.237 e. The lowest BCUT2D eigenvalue weighted by Crippen LogP contribution is -2.43. The van der Waals surface area contributed by atoms with E-state index >= 15 is 0 Å². The first-order valence-electron chi connectivity index (χ1n) is 5.53. The average molecular weight is 249 g/mol. The molecule has 1 aliphatic rings. The summed E-state index contributed by atoms with van der Waals surface area (Å²) >= 11 is 0. The first-order chi connectivity index (χ1) is 7.55. The fraction of sp³-hybridized carbons (Fsp3) is 0.889. The summed E-state index contributed by atoms with van der Waals surface area (Å²) in [6.07, 6.45) is 1.82. The second kappa shape index (κ2) is 6.17. The minimum Gasteiger partial charge on any atom is -0.354 e. The minimum atomic E-state index is -3.24. The standard InChI is InChI=1S/C9H19N3O3S/c1-2-12-16(14,15)7-6-11-9(13)8-4-3-5-10-8/h8,10,12H,2-7H2,1H3,(H,11,13)/t8-/m0/s1. The molecule has 1 rings (SSSR count). The van der Waals surface area contributed by atoms with E-state index in [0.717, 1.165) is 19.4 Å². The molecule has 1 aliphatic heterocycles. The Morgan fingerprint density at radius 2 is 2.25 bits per heavy atom. The van der Waals surface area contributed by atoms with E-state index in [1.54, 1.807) is 6.92 Å². The number of hydrogen-bond donors (Lipinski definition) is 3. The summed E-state index contributed by atoms with van der Waals surface area (Å²) in [7, 11) is -3.24. The van der Waals surface area contributed by atoms with Crippen LogP contribution in [0.15, 0.2) is 0 Å². The van der Waals surface area contributed by atoms with Gasteiger partial charge in [0.05, 0.1) is 11.8 Å². The molecule has 3 N–H and O–H groups in total. The van der Waals surface area contributed by atoms with Crippen LogP contribution >= 0.6 is 0 Å². The lowest BCUT2D eigenvalue weighted by Gasteiger charge is -2.11. The second-order valence-corrected chi connectivity index (χ2v) is 5.68.